The third-order valence-electron chi connectivity index (χ3n) is 12.9. The molecule has 3 saturated heterocycles. The number of allylic oxidation sites excluding steroid dienone is 1. The second kappa shape index (κ2) is 7.46. The molecule has 0 spiro atoms. The first-order valence-electron chi connectivity index (χ1n) is 14.6. The molecule has 0 amide bonds. The number of aliphatic hydroxyl groups is 2. The lowest BCUT2D eigenvalue weighted by molar-refractivity contribution is -0.229. The molecule has 7 nitrogen and oxygen atoms in total. The molecule has 0 radical (unpaired) electrons. The minimum atomic E-state index is -1.13. The van der Waals surface area contributed by atoms with Crippen molar-refractivity contribution in [1.29, 1.82) is 0 Å². The van der Waals surface area contributed by atoms with Gasteiger partial charge in [0, 0.05) is 13.0 Å². The van der Waals surface area contributed by atoms with Crippen molar-refractivity contribution in [2.75, 3.05) is 6.61 Å². The number of ether oxygens (including phenoxy) is 4. The van der Waals surface area contributed by atoms with E-state index in [9.17, 15) is 15.0 Å². The Labute approximate surface area is 220 Å². The lowest BCUT2D eigenvalue weighted by Gasteiger charge is -2.60. The van der Waals surface area contributed by atoms with E-state index in [0.29, 0.717) is 19.4 Å². The van der Waals surface area contributed by atoms with E-state index in [-0.39, 0.29) is 64.7 Å². The minimum absolute atomic E-state index is 0.0268. The first-order chi connectivity index (χ1) is 17.4. The molecule has 3 heterocycles. The molecule has 0 bridgehead atoms. The van der Waals surface area contributed by atoms with E-state index in [1.54, 1.807) is 6.08 Å². The van der Waals surface area contributed by atoms with Crippen LogP contribution in [0.15, 0.2) is 12.2 Å². The minimum Gasteiger partial charge on any atom is -0.393 e. The van der Waals surface area contributed by atoms with Gasteiger partial charge in [0.25, 0.3) is 0 Å². The summed E-state index contributed by atoms with van der Waals surface area (Å²) < 4.78 is 25.0. The number of carbonyl (C=O) groups excluding carboxylic acids is 1. The monoisotopic (exact) mass is 516 g/mol. The number of hydrogen-bond acceptors (Lipinski definition) is 7. The van der Waals surface area contributed by atoms with Gasteiger partial charge in [-0.05, 0) is 94.5 Å². The zero-order valence-electron chi connectivity index (χ0n) is 23.1. The van der Waals surface area contributed by atoms with E-state index < -0.39 is 29.0 Å². The Morgan fingerprint density at radius 3 is 2.68 bits per heavy atom. The Kier molecular flexibility index (Phi) is 5.08. The predicted molar refractivity (Wildman–Crippen MR) is 134 cm³/mol. The predicted octanol–water partition coefficient (Wildman–Crippen LogP) is 3.40. The summed E-state index contributed by atoms with van der Waals surface area (Å²) in [5.74, 6) is 0.716. The van der Waals surface area contributed by atoms with Crippen LogP contribution in [0.3, 0.4) is 0 Å². The zero-order chi connectivity index (χ0) is 26.3. The van der Waals surface area contributed by atoms with Gasteiger partial charge < -0.3 is 29.2 Å². The Balaban J connectivity index is 1.19. The van der Waals surface area contributed by atoms with Crippen LogP contribution < -0.4 is 0 Å². The molecule has 37 heavy (non-hydrogen) atoms. The van der Waals surface area contributed by atoms with E-state index >= 15 is 0 Å². The molecule has 0 aromatic heterocycles. The van der Waals surface area contributed by atoms with Crippen molar-refractivity contribution in [3.8, 4) is 0 Å². The molecule has 2 N–H and O–H groups in total. The third-order valence-corrected chi connectivity index (χ3v) is 12.9. The number of aliphatic hydroxyl groups excluding tert-OH is 1. The first kappa shape index (κ1) is 25.2. The second-order valence-electron chi connectivity index (χ2n) is 14.2. The van der Waals surface area contributed by atoms with Crippen LogP contribution in [0.4, 0.5) is 0 Å². The fourth-order valence-corrected chi connectivity index (χ4v) is 10.6. The lowest BCUT2D eigenvalue weighted by Crippen LogP contribution is -2.67. The second-order valence-corrected chi connectivity index (χ2v) is 14.2. The van der Waals surface area contributed by atoms with Crippen LogP contribution in [-0.4, -0.2) is 70.1 Å². The number of ketones is 1. The van der Waals surface area contributed by atoms with Crippen molar-refractivity contribution >= 4 is 5.78 Å². The van der Waals surface area contributed by atoms with Crippen molar-refractivity contribution in [2.24, 2.45) is 40.4 Å². The average Bonchev–Trinajstić information content (AvgIpc) is 3.71. The number of carbonyl (C=O) groups is 1. The van der Waals surface area contributed by atoms with Crippen molar-refractivity contribution in [2.45, 2.75) is 121 Å². The van der Waals surface area contributed by atoms with E-state index in [1.807, 2.05) is 19.9 Å². The summed E-state index contributed by atoms with van der Waals surface area (Å²) in [5, 5.41) is 23.4. The van der Waals surface area contributed by atoms with Crippen LogP contribution in [-0.2, 0) is 23.7 Å². The summed E-state index contributed by atoms with van der Waals surface area (Å²) in [4.78, 5) is 13.4. The van der Waals surface area contributed by atoms with Crippen molar-refractivity contribution in [3.05, 3.63) is 12.2 Å². The summed E-state index contributed by atoms with van der Waals surface area (Å²) in [6.07, 6.45) is 6.07. The lowest BCUT2D eigenvalue weighted by atomic mass is 9.43. The number of epoxide rings is 2. The molecule has 15 unspecified atom stereocenters. The van der Waals surface area contributed by atoms with Crippen molar-refractivity contribution in [1.82, 2.24) is 0 Å². The van der Waals surface area contributed by atoms with E-state index in [4.69, 9.17) is 18.9 Å². The molecule has 15 atom stereocenters. The van der Waals surface area contributed by atoms with Crippen LogP contribution in [0.5, 0.6) is 0 Å². The normalized spacial score (nSPS) is 62.1. The summed E-state index contributed by atoms with van der Waals surface area (Å²) in [6, 6.07) is 0. The van der Waals surface area contributed by atoms with Crippen LogP contribution in [0.1, 0.15) is 73.6 Å². The fraction of sp³-hybridized carbons (Fsp3) is 0.900. The van der Waals surface area contributed by atoms with Crippen molar-refractivity contribution in [3.63, 3.8) is 0 Å². The summed E-state index contributed by atoms with van der Waals surface area (Å²) >= 11 is 0. The molecule has 7 heteroatoms. The molecule has 3 saturated carbocycles. The number of fused-ring (bicyclic) bond motifs is 9. The quantitative estimate of drug-likeness (QED) is 0.553. The molecule has 6 fully saturated rings. The molecule has 0 aromatic rings. The van der Waals surface area contributed by atoms with Gasteiger partial charge in [0.15, 0.2) is 12.1 Å². The maximum absolute atomic E-state index is 13.4. The number of rotatable bonds is 4. The largest absolute Gasteiger partial charge is 0.393 e. The topological polar surface area (TPSA) is 101 Å². The van der Waals surface area contributed by atoms with Gasteiger partial charge in [-0.3, -0.25) is 4.79 Å². The van der Waals surface area contributed by atoms with Gasteiger partial charge in [0.2, 0.25) is 0 Å². The summed E-state index contributed by atoms with van der Waals surface area (Å²) in [6.45, 7) is 13.4. The highest BCUT2D eigenvalue weighted by atomic mass is 16.7. The Morgan fingerprint density at radius 2 is 1.95 bits per heavy atom. The zero-order valence-corrected chi connectivity index (χ0v) is 23.1. The van der Waals surface area contributed by atoms with Gasteiger partial charge in [0.05, 0.1) is 23.7 Å². The molecule has 206 valence electrons. The summed E-state index contributed by atoms with van der Waals surface area (Å²) in [5.41, 5.74) is -2.73. The van der Waals surface area contributed by atoms with E-state index in [1.165, 1.54) is 0 Å². The molecular weight excluding hydrogens is 472 g/mol. The van der Waals surface area contributed by atoms with Crippen LogP contribution in [0, 0.1) is 40.4 Å². The highest BCUT2D eigenvalue weighted by Crippen LogP contribution is 2.72. The number of hydrogen-bond donors (Lipinski definition) is 2. The maximum Gasteiger partial charge on any atom is 0.189 e. The van der Waals surface area contributed by atoms with Gasteiger partial charge in [-0.1, -0.05) is 19.9 Å². The summed E-state index contributed by atoms with van der Waals surface area (Å²) in [7, 11) is 0. The van der Waals surface area contributed by atoms with Crippen LogP contribution >= 0.6 is 0 Å². The molecule has 0 aromatic carbocycles. The van der Waals surface area contributed by atoms with Gasteiger partial charge in [-0.25, -0.2) is 0 Å². The van der Waals surface area contributed by atoms with Crippen LogP contribution in [0.25, 0.3) is 0 Å². The SMILES string of the molecule is CCOC1OC(C(C)C2C(O)CC3C4C5OC5C5(O)CC=CC(=O)C5(C)C4CCC32C)CC2(C)OC12C. The van der Waals surface area contributed by atoms with Gasteiger partial charge in [-0.2, -0.15) is 0 Å². The molecule has 3 aliphatic heterocycles. The fourth-order valence-electron chi connectivity index (χ4n) is 10.6. The maximum atomic E-state index is 13.4. The molecule has 7 aliphatic rings. The standard InChI is InChI=1S/C30H44O7/c1-7-34-25-29(6)27(4,37-29)14-19(35-25)15(2)22-18(31)13-17-21-16(10-12-26(17,22)3)28(5)20(32)9-8-11-30(28,33)24-23(21)36-24/h8-9,15-19,21-25,31,33H,7,10-14H2,1-6H3. The third kappa shape index (κ3) is 2.87. The Bertz CT molecular complexity index is 1040. The smallest absolute Gasteiger partial charge is 0.189 e. The van der Waals surface area contributed by atoms with Gasteiger partial charge >= 0.3 is 0 Å². The Hall–Kier alpha value is -0.830. The highest BCUT2D eigenvalue weighted by Gasteiger charge is 2.78. The Morgan fingerprint density at radius 1 is 1.19 bits per heavy atom. The first-order valence-corrected chi connectivity index (χ1v) is 14.6. The van der Waals surface area contributed by atoms with Crippen LogP contribution in [0.2, 0.25) is 0 Å². The van der Waals surface area contributed by atoms with Gasteiger partial charge in [-0.15, -0.1) is 0 Å². The van der Waals surface area contributed by atoms with Gasteiger partial charge in [0.1, 0.15) is 22.9 Å². The molecule has 4 aliphatic carbocycles. The van der Waals surface area contributed by atoms with E-state index in [2.05, 4.69) is 27.7 Å². The molecular formula is C30H44O7. The molecule has 7 rings (SSSR count). The highest BCUT2D eigenvalue weighted by molar-refractivity contribution is 5.97. The van der Waals surface area contributed by atoms with Crippen molar-refractivity contribution < 1.29 is 34.0 Å². The van der Waals surface area contributed by atoms with E-state index in [0.717, 1.165) is 19.3 Å². The average molecular weight is 517 g/mol.